The van der Waals surface area contributed by atoms with E-state index in [1.165, 1.54) is 0 Å². The number of anilines is 1. The van der Waals surface area contributed by atoms with E-state index >= 15 is 0 Å². The molecule has 1 aliphatic rings. The molecule has 0 bridgehead atoms. The third kappa shape index (κ3) is 2.35. The summed E-state index contributed by atoms with van der Waals surface area (Å²) in [5, 5.41) is 11.8. The molecule has 0 aliphatic carbocycles. The van der Waals surface area contributed by atoms with E-state index in [9.17, 15) is 4.79 Å². The maximum Gasteiger partial charge on any atom is 0.346 e. The maximum atomic E-state index is 10.7. The maximum absolute atomic E-state index is 10.7. The average molecular weight is 295 g/mol. The highest BCUT2D eigenvalue weighted by molar-refractivity contribution is 9.10. The Labute approximate surface area is 101 Å². The highest BCUT2D eigenvalue weighted by atomic mass is 79.9. The summed E-state index contributed by atoms with van der Waals surface area (Å²) in [5.74, 6) is -0.398. The van der Waals surface area contributed by atoms with Crippen LogP contribution in [0.5, 0.6) is 5.75 Å². The molecule has 15 heavy (non-hydrogen) atoms. The summed E-state index contributed by atoms with van der Waals surface area (Å²) < 4.78 is 6.07. The molecule has 0 radical (unpaired) electrons. The zero-order valence-corrected chi connectivity index (χ0v) is 9.97. The van der Waals surface area contributed by atoms with Gasteiger partial charge in [-0.25, -0.2) is 4.79 Å². The third-order valence-corrected chi connectivity index (χ3v) is 2.60. The van der Waals surface area contributed by atoms with Gasteiger partial charge in [0.1, 0.15) is 0 Å². The molecule has 0 saturated carbocycles. The van der Waals surface area contributed by atoms with Crippen LogP contribution in [0, 0.1) is 0 Å². The van der Waals surface area contributed by atoms with Crippen molar-refractivity contribution in [2.75, 3.05) is 11.9 Å². The Kier molecular flexibility index (Phi) is 3.82. The van der Waals surface area contributed by atoms with Crippen LogP contribution in [0.1, 0.15) is 0 Å². The molecule has 1 aliphatic heterocycles. The number of para-hydroxylation sites is 1. The zero-order valence-electron chi connectivity index (χ0n) is 7.57. The van der Waals surface area contributed by atoms with Crippen LogP contribution in [-0.2, 0) is 4.79 Å². The molecule has 82 valence electrons. The second kappa shape index (κ2) is 4.72. The summed E-state index contributed by atoms with van der Waals surface area (Å²) in [4.78, 5) is 10.7. The van der Waals surface area contributed by atoms with Crippen LogP contribution < -0.4 is 10.1 Å². The third-order valence-electron chi connectivity index (χ3n) is 1.98. The van der Waals surface area contributed by atoms with E-state index in [2.05, 4.69) is 21.2 Å². The fraction of sp³-hybridized carbons (Fsp3) is 0.222. The quantitative estimate of drug-likeness (QED) is 0.833. The number of rotatable bonds is 1. The molecule has 4 nitrogen and oxygen atoms in total. The van der Waals surface area contributed by atoms with E-state index in [0.717, 1.165) is 10.2 Å². The molecule has 6 heteroatoms. The van der Waals surface area contributed by atoms with Crippen molar-refractivity contribution >= 4 is 40.0 Å². The number of carbonyl (C=O) groups is 1. The molecule has 2 N–H and O–H groups in total. The number of hydrogen-bond donors (Lipinski definition) is 2. The summed E-state index contributed by atoms with van der Waals surface area (Å²) >= 11 is 3.30. The van der Waals surface area contributed by atoms with Crippen molar-refractivity contribution in [3.05, 3.63) is 22.7 Å². The summed E-state index contributed by atoms with van der Waals surface area (Å²) in [6.45, 7) is 0.290. The van der Waals surface area contributed by atoms with Gasteiger partial charge in [0.15, 0.2) is 5.75 Å². The molecule has 0 aromatic heterocycles. The van der Waals surface area contributed by atoms with Crippen molar-refractivity contribution in [2.24, 2.45) is 0 Å². The van der Waals surface area contributed by atoms with Crippen molar-refractivity contribution in [1.29, 1.82) is 0 Å². The Morgan fingerprint density at radius 2 is 2.33 bits per heavy atom. The highest BCUT2D eigenvalue weighted by Crippen LogP contribution is 2.36. The van der Waals surface area contributed by atoms with Gasteiger partial charge >= 0.3 is 5.97 Å². The van der Waals surface area contributed by atoms with E-state index in [4.69, 9.17) is 9.84 Å². The number of halogens is 2. The molecular formula is C9H9BrClNO3. The average Bonchev–Trinajstić information content (AvgIpc) is 2.18. The van der Waals surface area contributed by atoms with Crippen LogP contribution in [0.2, 0.25) is 0 Å². The molecule has 2 rings (SSSR count). The van der Waals surface area contributed by atoms with Gasteiger partial charge < -0.3 is 15.2 Å². The van der Waals surface area contributed by atoms with Gasteiger partial charge in [-0.2, -0.15) is 0 Å². The van der Waals surface area contributed by atoms with Gasteiger partial charge in [-0.15, -0.1) is 12.4 Å². The van der Waals surface area contributed by atoms with Gasteiger partial charge in [0, 0.05) is 0 Å². The van der Waals surface area contributed by atoms with Crippen LogP contribution in [-0.4, -0.2) is 23.7 Å². The second-order valence-electron chi connectivity index (χ2n) is 2.94. The van der Waals surface area contributed by atoms with Gasteiger partial charge in [0.05, 0.1) is 16.7 Å². The van der Waals surface area contributed by atoms with Crippen molar-refractivity contribution < 1.29 is 14.6 Å². The normalized spacial score (nSPS) is 17.8. The lowest BCUT2D eigenvalue weighted by molar-refractivity contribution is -0.144. The Morgan fingerprint density at radius 3 is 3.00 bits per heavy atom. The number of ether oxygens (including phenoxy) is 1. The smallest absolute Gasteiger partial charge is 0.346 e. The summed E-state index contributed by atoms with van der Waals surface area (Å²) in [6.07, 6.45) is -0.818. The predicted molar refractivity (Wildman–Crippen MR) is 61.9 cm³/mol. The van der Waals surface area contributed by atoms with Gasteiger partial charge in [-0.05, 0) is 28.1 Å². The van der Waals surface area contributed by atoms with E-state index in [1.807, 2.05) is 18.2 Å². The molecular weight excluding hydrogens is 285 g/mol. The number of carboxylic acids is 1. The van der Waals surface area contributed by atoms with Gasteiger partial charge in [0.25, 0.3) is 0 Å². The predicted octanol–water partition coefficient (Wildman–Crippen LogP) is 2.13. The first-order valence-corrected chi connectivity index (χ1v) is 4.89. The summed E-state index contributed by atoms with van der Waals surface area (Å²) in [6, 6.07) is 5.52. The second-order valence-corrected chi connectivity index (χ2v) is 3.80. The minimum Gasteiger partial charge on any atom is -0.478 e. The first-order chi connectivity index (χ1) is 6.68. The van der Waals surface area contributed by atoms with Crippen LogP contribution in [0.25, 0.3) is 0 Å². The number of nitrogens with one attached hydrogen (secondary N) is 1. The van der Waals surface area contributed by atoms with E-state index in [-0.39, 0.29) is 12.4 Å². The van der Waals surface area contributed by atoms with Gasteiger partial charge in [-0.3, -0.25) is 0 Å². The fourth-order valence-corrected chi connectivity index (χ4v) is 1.75. The molecule has 0 spiro atoms. The summed E-state index contributed by atoms with van der Waals surface area (Å²) in [7, 11) is 0. The molecule has 1 aromatic carbocycles. The highest BCUT2D eigenvalue weighted by Gasteiger charge is 2.26. The van der Waals surface area contributed by atoms with Crippen LogP contribution >= 0.6 is 28.3 Å². The first-order valence-electron chi connectivity index (χ1n) is 4.10. The number of carboxylic acid groups (broad SMARTS) is 1. The molecule has 0 saturated heterocycles. The minimum atomic E-state index is -0.959. The molecule has 0 amide bonds. The van der Waals surface area contributed by atoms with E-state index in [1.54, 1.807) is 0 Å². The lowest BCUT2D eigenvalue weighted by Gasteiger charge is -2.25. The monoisotopic (exact) mass is 293 g/mol. The Hall–Kier alpha value is -0.940. The van der Waals surface area contributed by atoms with E-state index < -0.39 is 12.1 Å². The number of fused-ring (bicyclic) bond motifs is 1. The Balaban J connectivity index is 0.00000112. The number of benzene rings is 1. The van der Waals surface area contributed by atoms with Crippen molar-refractivity contribution in [3.63, 3.8) is 0 Å². The zero-order chi connectivity index (χ0) is 10.1. The number of hydrogen-bond acceptors (Lipinski definition) is 3. The summed E-state index contributed by atoms with van der Waals surface area (Å²) in [5.41, 5.74) is 0.817. The fourth-order valence-electron chi connectivity index (χ4n) is 1.29. The Morgan fingerprint density at radius 1 is 1.60 bits per heavy atom. The lowest BCUT2D eigenvalue weighted by Crippen LogP contribution is -2.37. The minimum absolute atomic E-state index is 0. The lowest BCUT2D eigenvalue weighted by atomic mass is 10.2. The standard InChI is InChI=1S/C9H8BrNO3.ClH/c10-5-2-1-3-6-8(5)14-7(4-11-6)9(12)13;/h1-3,7,11H,4H2,(H,12,13);1H. The molecule has 0 fully saturated rings. The largest absolute Gasteiger partial charge is 0.478 e. The van der Waals surface area contributed by atoms with E-state index in [0.29, 0.717) is 12.3 Å². The van der Waals surface area contributed by atoms with Crippen molar-refractivity contribution in [1.82, 2.24) is 0 Å². The van der Waals surface area contributed by atoms with Crippen LogP contribution in [0.15, 0.2) is 22.7 Å². The van der Waals surface area contributed by atoms with Crippen molar-refractivity contribution in [2.45, 2.75) is 6.10 Å². The van der Waals surface area contributed by atoms with Gasteiger partial charge in [0.2, 0.25) is 6.10 Å². The number of aliphatic carboxylic acids is 1. The molecule has 1 atom stereocenters. The topological polar surface area (TPSA) is 58.6 Å². The van der Waals surface area contributed by atoms with Crippen LogP contribution in [0.4, 0.5) is 5.69 Å². The molecule has 1 heterocycles. The first kappa shape index (κ1) is 12.1. The molecule has 1 unspecified atom stereocenters. The van der Waals surface area contributed by atoms with Crippen molar-refractivity contribution in [3.8, 4) is 5.75 Å². The van der Waals surface area contributed by atoms with Crippen LogP contribution in [0.3, 0.4) is 0 Å². The van der Waals surface area contributed by atoms with Gasteiger partial charge in [-0.1, -0.05) is 6.07 Å². The Bertz CT molecular complexity index is 386. The SMILES string of the molecule is Cl.O=C(O)C1CNc2cccc(Br)c2O1. The molecule has 1 aromatic rings.